The minimum atomic E-state index is 0.176. The van der Waals surface area contributed by atoms with E-state index < -0.39 is 0 Å². The molecule has 1 fully saturated rings. The van der Waals surface area contributed by atoms with Crippen molar-refractivity contribution in [3.63, 3.8) is 0 Å². The molecule has 0 radical (unpaired) electrons. The van der Waals surface area contributed by atoms with Gasteiger partial charge in [-0.05, 0) is 44.2 Å². The van der Waals surface area contributed by atoms with Crippen molar-refractivity contribution >= 4 is 11.6 Å². The highest BCUT2D eigenvalue weighted by atomic mass is 16.2. The number of hydrogen-bond donors (Lipinski definition) is 1. The zero-order valence-electron chi connectivity index (χ0n) is 11.6. The molecule has 1 atom stereocenters. The lowest BCUT2D eigenvalue weighted by molar-refractivity contribution is 0.0572. The van der Waals surface area contributed by atoms with E-state index in [9.17, 15) is 4.79 Å². The average molecular weight is 259 g/mol. The predicted octanol–water partition coefficient (Wildman–Crippen LogP) is 1.43. The summed E-state index contributed by atoms with van der Waals surface area (Å²) in [6, 6.07) is 6.48. The van der Waals surface area contributed by atoms with E-state index in [1.807, 2.05) is 17.0 Å². The van der Waals surface area contributed by atoms with Crippen LogP contribution in [0.2, 0.25) is 0 Å². The SMILES string of the molecule is CC1CN(C(=O)c2ccc3c(c2)CCN3)CCN1C. The highest BCUT2D eigenvalue weighted by molar-refractivity contribution is 5.95. The van der Waals surface area contributed by atoms with Gasteiger partial charge in [0, 0.05) is 43.5 Å². The molecule has 1 N–H and O–H groups in total. The van der Waals surface area contributed by atoms with Gasteiger partial charge in [-0.15, -0.1) is 0 Å². The van der Waals surface area contributed by atoms with Gasteiger partial charge in [0.05, 0.1) is 0 Å². The Kier molecular flexibility index (Phi) is 3.19. The van der Waals surface area contributed by atoms with Gasteiger partial charge in [0.25, 0.3) is 5.91 Å². The maximum atomic E-state index is 12.5. The number of hydrogen-bond acceptors (Lipinski definition) is 3. The standard InChI is InChI=1S/C15H21N3O/c1-11-10-18(8-7-17(11)2)15(19)13-3-4-14-12(9-13)5-6-16-14/h3-4,9,11,16H,5-8,10H2,1-2H3. The van der Waals surface area contributed by atoms with E-state index in [-0.39, 0.29) is 5.91 Å². The number of piperazine rings is 1. The van der Waals surface area contributed by atoms with Crippen molar-refractivity contribution in [2.75, 3.05) is 38.5 Å². The summed E-state index contributed by atoms with van der Waals surface area (Å²) in [5.74, 6) is 0.176. The van der Waals surface area contributed by atoms with Gasteiger partial charge in [0.1, 0.15) is 0 Å². The minimum absolute atomic E-state index is 0.176. The molecule has 0 saturated carbocycles. The van der Waals surface area contributed by atoms with E-state index in [2.05, 4.69) is 30.3 Å². The number of carbonyl (C=O) groups excluding carboxylic acids is 1. The van der Waals surface area contributed by atoms with Crippen LogP contribution in [-0.2, 0) is 6.42 Å². The zero-order valence-corrected chi connectivity index (χ0v) is 11.6. The molecule has 3 rings (SSSR count). The van der Waals surface area contributed by atoms with Crippen LogP contribution in [-0.4, -0.2) is 55.0 Å². The lowest BCUT2D eigenvalue weighted by Crippen LogP contribution is -2.52. The quantitative estimate of drug-likeness (QED) is 0.829. The molecule has 0 bridgehead atoms. The number of nitrogens with one attached hydrogen (secondary N) is 1. The number of amides is 1. The lowest BCUT2D eigenvalue weighted by Gasteiger charge is -2.37. The largest absolute Gasteiger partial charge is 0.384 e. The van der Waals surface area contributed by atoms with Crippen molar-refractivity contribution in [3.05, 3.63) is 29.3 Å². The van der Waals surface area contributed by atoms with Crippen molar-refractivity contribution in [1.29, 1.82) is 0 Å². The van der Waals surface area contributed by atoms with Crippen LogP contribution < -0.4 is 5.32 Å². The predicted molar refractivity (Wildman–Crippen MR) is 76.6 cm³/mol. The summed E-state index contributed by atoms with van der Waals surface area (Å²) in [5, 5.41) is 3.33. The van der Waals surface area contributed by atoms with E-state index in [4.69, 9.17) is 0 Å². The van der Waals surface area contributed by atoms with Crippen molar-refractivity contribution in [1.82, 2.24) is 9.80 Å². The van der Waals surface area contributed by atoms with Gasteiger partial charge in [-0.25, -0.2) is 0 Å². The molecule has 2 aliphatic heterocycles. The van der Waals surface area contributed by atoms with Crippen LogP contribution in [0.5, 0.6) is 0 Å². The third-order valence-corrected chi connectivity index (χ3v) is 4.31. The number of fused-ring (bicyclic) bond motifs is 1. The number of rotatable bonds is 1. The second-order valence-electron chi connectivity index (χ2n) is 5.63. The minimum Gasteiger partial charge on any atom is -0.384 e. The second kappa shape index (κ2) is 4.85. The molecule has 4 nitrogen and oxygen atoms in total. The summed E-state index contributed by atoms with van der Waals surface area (Å²) in [6.45, 7) is 5.77. The Balaban J connectivity index is 1.77. The smallest absolute Gasteiger partial charge is 0.253 e. The van der Waals surface area contributed by atoms with E-state index >= 15 is 0 Å². The fraction of sp³-hybridized carbons (Fsp3) is 0.533. The molecule has 1 aromatic rings. The summed E-state index contributed by atoms with van der Waals surface area (Å²) in [6.07, 6.45) is 1.02. The molecule has 0 spiro atoms. The van der Waals surface area contributed by atoms with Crippen molar-refractivity contribution < 1.29 is 4.79 Å². The molecule has 2 aliphatic rings. The third kappa shape index (κ3) is 2.32. The van der Waals surface area contributed by atoms with Gasteiger partial charge in [-0.3, -0.25) is 4.79 Å². The second-order valence-corrected chi connectivity index (χ2v) is 5.63. The number of likely N-dealkylation sites (N-methyl/N-ethyl adjacent to an activating group) is 1. The van der Waals surface area contributed by atoms with Crippen LogP contribution in [0.15, 0.2) is 18.2 Å². The van der Waals surface area contributed by atoms with Crippen molar-refractivity contribution in [2.45, 2.75) is 19.4 Å². The number of carbonyl (C=O) groups is 1. The van der Waals surface area contributed by atoms with Gasteiger partial charge in [0.2, 0.25) is 0 Å². The van der Waals surface area contributed by atoms with E-state index in [1.165, 1.54) is 11.3 Å². The molecule has 2 heterocycles. The monoisotopic (exact) mass is 259 g/mol. The average Bonchev–Trinajstić information content (AvgIpc) is 2.88. The van der Waals surface area contributed by atoms with Crippen LogP contribution in [0, 0.1) is 0 Å². The molecule has 1 aromatic carbocycles. The van der Waals surface area contributed by atoms with Gasteiger partial charge in [-0.2, -0.15) is 0 Å². The van der Waals surface area contributed by atoms with Crippen molar-refractivity contribution in [3.8, 4) is 0 Å². The van der Waals surface area contributed by atoms with E-state index in [1.54, 1.807) is 0 Å². The van der Waals surface area contributed by atoms with Gasteiger partial charge in [-0.1, -0.05) is 0 Å². The molecule has 1 unspecified atom stereocenters. The first-order valence-electron chi connectivity index (χ1n) is 7.01. The Morgan fingerprint density at radius 2 is 2.21 bits per heavy atom. The first-order chi connectivity index (χ1) is 9.15. The normalized spacial score (nSPS) is 23.1. The topological polar surface area (TPSA) is 35.6 Å². The highest BCUT2D eigenvalue weighted by Gasteiger charge is 2.25. The van der Waals surface area contributed by atoms with E-state index in [0.717, 1.165) is 38.2 Å². The Morgan fingerprint density at radius 1 is 1.37 bits per heavy atom. The van der Waals surface area contributed by atoms with Crippen LogP contribution >= 0.6 is 0 Å². The summed E-state index contributed by atoms with van der Waals surface area (Å²) < 4.78 is 0. The fourth-order valence-electron chi connectivity index (χ4n) is 2.85. The lowest BCUT2D eigenvalue weighted by atomic mass is 10.1. The number of nitrogens with zero attached hydrogens (tertiary/aromatic N) is 2. The molecule has 4 heteroatoms. The Labute approximate surface area is 114 Å². The Bertz CT molecular complexity index is 500. The molecular formula is C15H21N3O. The summed E-state index contributed by atoms with van der Waals surface area (Å²) >= 11 is 0. The third-order valence-electron chi connectivity index (χ3n) is 4.31. The van der Waals surface area contributed by atoms with Gasteiger partial charge < -0.3 is 15.1 Å². The molecule has 1 saturated heterocycles. The number of anilines is 1. The summed E-state index contributed by atoms with van der Waals surface area (Å²) in [7, 11) is 2.12. The Hall–Kier alpha value is -1.55. The van der Waals surface area contributed by atoms with Crippen LogP contribution in [0.25, 0.3) is 0 Å². The molecule has 102 valence electrons. The molecule has 0 aliphatic carbocycles. The maximum Gasteiger partial charge on any atom is 0.253 e. The maximum absolute atomic E-state index is 12.5. The Morgan fingerprint density at radius 3 is 3.00 bits per heavy atom. The van der Waals surface area contributed by atoms with Crippen LogP contribution in [0.4, 0.5) is 5.69 Å². The van der Waals surface area contributed by atoms with Crippen LogP contribution in [0.3, 0.4) is 0 Å². The fourth-order valence-corrected chi connectivity index (χ4v) is 2.85. The summed E-state index contributed by atoms with van der Waals surface area (Å²) in [5.41, 5.74) is 3.29. The van der Waals surface area contributed by atoms with Crippen molar-refractivity contribution in [2.24, 2.45) is 0 Å². The molecule has 19 heavy (non-hydrogen) atoms. The molecular weight excluding hydrogens is 238 g/mol. The van der Waals surface area contributed by atoms with E-state index in [0.29, 0.717) is 6.04 Å². The molecule has 1 amide bonds. The first-order valence-corrected chi connectivity index (χ1v) is 7.01. The van der Waals surface area contributed by atoms with Gasteiger partial charge >= 0.3 is 0 Å². The highest BCUT2D eigenvalue weighted by Crippen LogP contribution is 2.24. The summed E-state index contributed by atoms with van der Waals surface area (Å²) in [4.78, 5) is 16.8. The van der Waals surface area contributed by atoms with Gasteiger partial charge in [0.15, 0.2) is 0 Å². The molecule has 0 aromatic heterocycles. The first kappa shape index (κ1) is 12.5. The number of benzene rings is 1. The van der Waals surface area contributed by atoms with Crippen LogP contribution in [0.1, 0.15) is 22.8 Å². The zero-order chi connectivity index (χ0) is 13.4.